The first-order chi connectivity index (χ1) is 9.31. The van der Waals surface area contributed by atoms with E-state index in [-0.39, 0.29) is 0 Å². The van der Waals surface area contributed by atoms with Gasteiger partial charge in [-0.15, -0.1) is 0 Å². The Morgan fingerprint density at radius 2 is 2.11 bits per heavy atom. The molecule has 1 aromatic carbocycles. The van der Waals surface area contributed by atoms with Crippen molar-refractivity contribution in [3.63, 3.8) is 0 Å². The highest BCUT2D eigenvalue weighted by molar-refractivity contribution is 5.48. The van der Waals surface area contributed by atoms with Gasteiger partial charge < -0.3 is 15.8 Å². The molecule has 0 aliphatic heterocycles. The van der Waals surface area contributed by atoms with Gasteiger partial charge in [0, 0.05) is 24.3 Å². The highest BCUT2D eigenvalue weighted by atomic mass is 16.5. The van der Waals surface area contributed by atoms with E-state index in [2.05, 4.69) is 11.4 Å². The number of hydrogen-bond acceptors (Lipinski definition) is 3. The largest absolute Gasteiger partial charge is 0.497 e. The summed E-state index contributed by atoms with van der Waals surface area (Å²) in [6.45, 7) is 0.688. The lowest BCUT2D eigenvalue weighted by Crippen LogP contribution is -2.31. The number of nitrogens with one attached hydrogen (secondary N) is 1. The third kappa shape index (κ3) is 4.43. The zero-order valence-corrected chi connectivity index (χ0v) is 11.9. The van der Waals surface area contributed by atoms with Crippen LogP contribution in [-0.2, 0) is 0 Å². The minimum Gasteiger partial charge on any atom is -0.497 e. The summed E-state index contributed by atoms with van der Waals surface area (Å²) in [7, 11) is 1.70. The first-order valence-electron chi connectivity index (χ1n) is 7.42. The SMILES string of the molecule is COc1cccc(NC(CN)CC2CCCCC2)c1. The van der Waals surface area contributed by atoms with Crippen LogP contribution in [0.5, 0.6) is 5.75 Å². The van der Waals surface area contributed by atoms with Crippen molar-refractivity contribution in [3.05, 3.63) is 24.3 Å². The van der Waals surface area contributed by atoms with Crippen LogP contribution in [0.2, 0.25) is 0 Å². The van der Waals surface area contributed by atoms with Gasteiger partial charge in [-0.2, -0.15) is 0 Å². The first-order valence-corrected chi connectivity index (χ1v) is 7.42. The van der Waals surface area contributed by atoms with Crippen molar-refractivity contribution < 1.29 is 4.74 Å². The molecular formula is C16H26N2O. The first kappa shape index (κ1) is 14.2. The molecule has 0 aromatic heterocycles. The van der Waals surface area contributed by atoms with Crippen molar-refractivity contribution in [3.8, 4) is 5.75 Å². The Kier molecular flexibility index (Phi) is 5.52. The van der Waals surface area contributed by atoms with Crippen LogP contribution >= 0.6 is 0 Å². The predicted molar refractivity (Wildman–Crippen MR) is 80.7 cm³/mol. The van der Waals surface area contributed by atoms with E-state index in [1.54, 1.807) is 7.11 Å². The zero-order chi connectivity index (χ0) is 13.5. The van der Waals surface area contributed by atoms with Gasteiger partial charge in [0.1, 0.15) is 5.75 Å². The van der Waals surface area contributed by atoms with Gasteiger partial charge in [-0.3, -0.25) is 0 Å². The van der Waals surface area contributed by atoms with Crippen LogP contribution in [-0.4, -0.2) is 19.7 Å². The summed E-state index contributed by atoms with van der Waals surface area (Å²) in [5, 5.41) is 3.55. The molecule has 3 heteroatoms. The number of ether oxygens (including phenoxy) is 1. The molecular weight excluding hydrogens is 236 g/mol. The minimum atomic E-state index is 0.371. The summed E-state index contributed by atoms with van der Waals surface area (Å²) in [4.78, 5) is 0. The van der Waals surface area contributed by atoms with Crippen LogP contribution in [0.3, 0.4) is 0 Å². The average molecular weight is 262 g/mol. The van der Waals surface area contributed by atoms with E-state index in [1.165, 1.54) is 38.5 Å². The molecule has 0 bridgehead atoms. The van der Waals surface area contributed by atoms with E-state index in [1.807, 2.05) is 18.2 Å². The van der Waals surface area contributed by atoms with Gasteiger partial charge in [0.2, 0.25) is 0 Å². The second kappa shape index (κ2) is 7.39. The summed E-state index contributed by atoms with van der Waals surface area (Å²) < 4.78 is 5.25. The van der Waals surface area contributed by atoms with E-state index in [0.29, 0.717) is 12.6 Å². The second-order valence-corrected chi connectivity index (χ2v) is 5.55. The average Bonchev–Trinajstić information content (AvgIpc) is 2.48. The number of rotatable bonds is 6. The maximum absolute atomic E-state index is 5.91. The molecule has 0 heterocycles. The molecule has 1 aliphatic carbocycles. The molecule has 1 saturated carbocycles. The quantitative estimate of drug-likeness (QED) is 0.826. The Bertz CT molecular complexity index is 375. The Balaban J connectivity index is 1.90. The van der Waals surface area contributed by atoms with Crippen LogP contribution in [0.4, 0.5) is 5.69 Å². The predicted octanol–water partition coefficient (Wildman–Crippen LogP) is 3.40. The Morgan fingerprint density at radius 1 is 1.32 bits per heavy atom. The van der Waals surface area contributed by atoms with Crippen molar-refractivity contribution in [2.24, 2.45) is 11.7 Å². The Morgan fingerprint density at radius 3 is 2.79 bits per heavy atom. The van der Waals surface area contributed by atoms with Gasteiger partial charge in [-0.25, -0.2) is 0 Å². The third-order valence-electron chi connectivity index (χ3n) is 4.07. The maximum atomic E-state index is 5.91. The number of anilines is 1. The number of methoxy groups -OCH3 is 1. The Hall–Kier alpha value is -1.22. The molecule has 106 valence electrons. The normalized spacial score (nSPS) is 18.0. The van der Waals surface area contributed by atoms with Crippen LogP contribution in [0.25, 0.3) is 0 Å². The van der Waals surface area contributed by atoms with Gasteiger partial charge >= 0.3 is 0 Å². The lowest BCUT2D eigenvalue weighted by molar-refractivity contribution is 0.324. The van der Waals surface area contributed by atoms with E-state index < -0.39 is 0 Å². The summed E-state index contributed by atoms with van der Waals surface area (Å²) in [5.74, 6) is 1.74. The summed E-state index contributed by atoms with van der Waals surface area (Å²) >= 11 is 0. The smallest absolute Gasteiger partial charge is 0.120 e. The van der Waals surface area contributed by atoms with Crippen LogP contribution in [0, 0.1) is 5.92 Å². The minimum absolute atomic E-state index is 0.371. The fraction of sp³-hybridized carbons (Fsp3) is 0.625. The van der Waals surface area contributed by atoms with Gasteiger partial charge in [0.05, 0.1) is 7.11 Å². The van der Waals surface area contributed by atoms with Crippen molar-refractivity contribution in [1.29, 1.82) is 0 Å². The molecule has 1 unspecified atom stereocenters. The molecule has 1 atom stereocenters. The number of benzene rings is 1. The fourth-order valence-electron chi connectivity index (χ4n) is 2.99. The summed E-state index contributed by atoms with van der Waals surface area (Å²) in [6.07, 6.45) is 8.12. The molecule has 0 saturated heterocycles. The molecule has 0 amide bonds. The molecule has 2 rings (SSSR count). The highest BCUT2D eigenvalue weighted by Crippen LogP contribution is 2.28. The Labute approximate surface area is 116 Å². The monoisotopic (exact) mass is 262 g/mol. The van der Waals surface area contributed by atoms with Crippen molar-refractivity contribution >= 4 is 5.69 Å². The van der Waals surface area contributed by atoms with E-state index in [4.69, 9.17) is 10.5 Å². The van der Waals surface area contributed by atoms with Gasteiger partial charge in [0.15, 0.2) is 0 Å². The molecule has 19 heavy (non-hydrogen) atoms. The van der Waals surface area contributed by atoms with Crippen molar-refractivity contribution in [1.82, 2.24) is 0 Å². The maximum Gasteiger partial charge on any atom is 0.120 e. The zero-order valence-electron chi connectivity index (χ0n) is 11.9. The fourth-order valence-corrected chi connectivity index (χ4v) is 2.99. The molecule has 0 spiro atoms. The van der Waals surface area contributed by atoms with Crippen LogP contribution < -0.4 is 15.8 Å². The molecule has 3 N–H and O–H groups in total. The third-order valence-corrected chi connectivity index (χ3v) is 4.07. The standard InChI is InChI=1S/C16H26N2O/c1-19-16-9-5-8-14(11-16)18-15(12-17)10-13-6-3-2-4-7-13/h5,8-9,11,13,15,18H,2-4,6-7,10,12,17H2,1H3. The molecule has 1 fully saturated rings. The molecule has 3 nitrogen and oxygen atoms in total. The van der Waals surface area contributed by atoms with E-state index in [9.17, 15) is 0 Å². The van der Waals surface area contributed by atoms with E-state index in [0.717, 1.165) is 17.4 Å². The lowest BCUT2D eigenvalue weighted by Gasteiger charge is -2.27. The van der Waals surface area contributed by atoms with Crippen LogP contribution in [0.15, 0.2) is 24.3 Å². The summed E-state index contributed by atoms with van der Waals surface area (Å²) in [5.41, 5.74) is 7.02. The highest BCUT2D eigenvalue weighted by Gasteiger charge is 2.18. The van der Waals surface area contributed by atoms with Gasteiger partial charge in [-0.1, -0.05) is 38.2 Å². The van der Waals surface area contributed by atoms with Crippen LogP contribution in [0.1, 0.15) is 38.5 Å². The molecule has 0 radical (unpaired) electrons. The van der Waals surface area contributed by atoms with Gasteiger partial charge in [0.25, 0.3) is 0 Å². The second-order valence-electron chi connectivity index (χ2n) is 5.55. The van der Waals surface area contributed by atoms with E-state index >= 15 is 0 Å². The topological polar surface area (TPSA) is 47.3 Å². The van der Waals surface area contributed by atoms with Crippen molar-refractivity contribution in [2.45, 2.75) is 44.6 Å². The molecule has 1 aromatic rings. The van der Waals surface area contributed by atoms with Gasteiger partial charge in [-0.05, 0) is 24.5 Å². The number of hydrogen-bond donors (Lipinski definition) is 2. The molecule has 1 aliphatic rings. The summed E-state index contributed by atoms with van der Waals surface area (Å²) in [6, 6.07) is 8.45. The lowest BCUT2D eigenvalue weighted by atomic mass is 9.85. The number of nitrogens with two attached hydrogens (primary N) is 1. The van der Waals surface area contributed by atoms with Crippen molar-refractivity contribution in [2.75, 3.05) is 19.0 Å².